The maximum atomic E-state index is 4.21. The average molecular weight is 300 g/mol. The molecular weight excluding hydrogens is 296 g/mol. The number of halogens is 2. The van der Waals surface area contributed by atoms with E-state index in [0.29, 0.717) is 0 Å². The van der Waals surface area contributed by atoms with Crippen molar-refractivity contribution < 1.29 is 0 Å². The van der Waals surface area contributed by atoms with Crippen molar-refractivity contribution in [2.45, 2.75) is 9.79 Å². The molecule has 0 aromatic heterocycles. The fourth-order valence-corrected chi connectivity index (χ4v) is 2.50. The van der Waals surface area contributed by atoms with Gasteiger partial charge in [-0.2, -0.15) is 0 Å². The van der Waals surface area contributed by atoms with E-state index in [2.05, 4.69) is 57.1 Å². The number of hydrogen-bond acceptors (Lipinski definition) is 2. The highest BCUT2D eigenvalue weighted by Crippen LogP contribution is 2.30. The molecule has 4 heteroatoms. The first-order valence-electron chi connectivity index (χ1n) is 2.48. The lowest BCUT2D eigenvalue weighted by molar-refractivity contribution is 1.22. The van der Waals surface area contributed by atoms with Gasteiger partial charge in [-0.15, -0.1) is 25.3 Å². The van der Waals surface area contributed by atoms with E-state index in [1.807, 2.05) is 12.1 Å². The second kappa shape index (κ2) is 3.52. The molecule has 10 heavy (non-hydrogen) atoms. The van der Waals surface area contributed by atoms with Gasteiger partial charge in [0.15, 0.2) is 0 Å². The van der Waals surface area contributed by atoms with Crippen LogP contribution in [0, 0.1) is 0 Å². The van der Waals surface area contributed by atoms with Crippen molar-refractivity contribution in [2.75, 3.05) is 0 Å². The van der Waals surface area contributed by atoms with Gasteiger partial charge in [0.1, 0.15) is 0 Å². The van der Waals surface area contributed by atoms with Crippen LogP contribution in [0.4, 0.5) is 0 Å². The largest absolute Gasteiger partial charge is 0.142 e. The quantitative estimate of drug-likeness (QED) is 0.669. The maximum Gasteiger partial charge on any atom is 0.0331 e. The Morgan fingerprint density at radius 2 is 1.70 bits per heavy atom. The Hall–Kier alpha value is 0.880. The molecule has 0 amide bonds. The Balaban J connectivity index is 3.31. The highest BCUT2D eigenvalue weighted by molar-refractivity contribution is 9.11. The van der Waals surface area contributed by atoms with Crippen LogP contribution in [0.2, 0.25) is 0 Å². The minimum absolute atomic E-state index is 0.865. The lowest BCUT2D eigenvalue weighted by Gasteiger charge is -2.00. The summed E-state index contributed by atoms with van der Waals surface area (Å²) < 4.78 is 1.96. The summed E-state index contributed by atoms with van der Waals surface area (Å²) in [5.41, 5.74) is 0. The van der Waals surface area contributed by atoms with Crippen molar-refractivity contribution in [3.63, 3.8) is 0 Å². The lowest BCUT2D eigenvalue weighted by Crippen LogP contribution is -1.74. The molecule has 1 aromatic rings. The number of rotatable bonds is 0. The third-order valence-corrected chi connectivity index (χ3v) is 3.41. The van der Waals surface area contributed by atoms with Crippen molar-refractivity contribution in [1.29, 1.82) is 0 Å². The summed E-state index contributed by atoms with van der Waals surface area (Å²) in [5.74, 6) is 0. The zero-order valence-electron chi connectivity index (χ0n) is 4.81. The number of benzene rings is 1. The maximum absolute atomic E-state index is 4.21. The first-order chi connectivity index (χ1) is 4.61. The molecule has 0 unspecified atom stereocenters. The van der Waals surface area contributed by atoms with Crippen LogP contribution in [-0.2, 0) is 0 Å². The van der Waals surface area contributed by atoms with Crippen LogP contribution < -0.4 is 0 Å². The molecule has 0 spiro atoms. The Labute approximate surface area is 87.5 Å². The second-order valence-electron chi connectivity index (χ2n) is 1.76. The van der Waals surface area contributed by atoms with E-state index in [1.165, 1.54) is 0 Å². The van der Waals surface area contributed by atoms with E-state index < -0.39 is 0 Å². The van der Waals surface area contributed by atoms with Crippen molar-refractivity contribution in [1.82, 2.24) is 0 Å². The van der Waals surface area contributed by atoms with Gasteiger partial charge in [0, 0.05) is 18.7 Å². The Kier molecular flexibility index (Phi) is 3.16. The molecule has 0 saturated heterocycles. The van der Waals surface area contributed by atoms with Crippen LogP contribution in [0.3, 0.4) is 0 Å². The molecule has 1 aromatic carbocycles. The van der Waals surface area contributed by atoms with E-state index in [4.69, 9.17) is 0 Å². The van der Waals surface area contributed by atoms with Crippen molar-refractivity contribution in [2.24, 2.45) is 0 Å². The zero-order valence-corrected chi connectivity index (χ0v) is 9.77. The van der Waals surface area contributed by atoms with Crippen molar-refractivity contribution in [3.05, 3.63) is 21.1 Å². The van der Waals surface area contributed by atoms with Crippen LogP contribution in [-0.4, -0.2) is 0 Å². The summed E-state index contributed by atoms with van der Waals surface area (Å²) in [6.07, 6.45) is 0. The van der Waals surface area contributed by atoms with Crippen molar-refractivity contribution >= 4 is 57.1 Å². The molecule has 0 radical (unpaired) electrons. The Bertz CT molecular complexity index is 237. The summed E-state index contributed by atoms with van der Waals surface area (Å²) in [6.45, 7) is 0. The third-order valence-electron chi connectivity index (χ3n) is 1.01. The molecule has 1 rings (SSSR count). The monoisotopic (exact) mass is 298 g/mol. The van der Waals surface area contributed by atoms with E-state index in [9.17, 15) is 0 Å². The lowest BCUT2D eigenvalue weighted by atomic mass is 10.4. The van der Waals surface area contributed by atoms with Gasteiger partial charge < -0.3 is 0 Å². The SMILES string of the molecule is Sc1cc(Br)cc(Br)c1S. The van der Waals surface area contributed by atoms with Crippen LogP contribution in [0.1, 0.15) is 0 Å². The summed E-state index contributed by atoms with van der Waals surface area (Å²) in [7, 11) is 0. The molecule has 0 bridgehead atoms. The van der Waals surface area contributed by atoms with Crippen LogP contribution in [0.5, 0.6) is 0 Å². The summed E-state index contributed by atoms with van der Waals surface area (Å²) in [5, 5.41) is 0. The van der Waals surface area contributed by atoms with Crippen LogP contribution >= 0.6 is 57.1 Å². The molecule has 0 aliphatic carbocycles. The molecule has 54 valence electrons. The Morgan fingerprint density at radius 3 is 2.20 bits per heavy atom. The van der Waals surface area contributed by atoms with Gasteiger partial charge in [-0.3, -0.25) is 0 Å². The summed E-state index contributed by atoms with van der Waals surface area (Å²) in [4.78, 5) is 1.73. The normalized spacial score (nSPS) is 10.0. The Morgan fingerprint density at radius 1 is 1.10 bits per heavy atom. The highest BCUT2D eigenvalue weighted by atomic mass is 79.9. The predicted octanol–water partition coefficient (Wildman–Crippen LogP) is 3.79. The van der Waals surface area contributed by atoms with Gasteiger partial charge in [0.2, 0.25) is 0 Å². The molecule has 0 aliphatic rings. The van der Waals surface area contributed by atoms with Crippen LogP contribution in [0.15, 0.2) is 30.9 Å². The van der Waals surface area contributed by atoms with Gasteiger partial charge in [0.25, 0.3) is 0 Å². The number of thiol groups is 2. The first kappa shape index (κ1) is 8.97. The fraction of sp³-hybridized carbons (Fsp3) is 0. The van der Waals surface area contributed by atoms with E-state index in [1.54, 1.807) is 0 Å². The summed E-state index contributed by atoms with van der Waals surface area (Å²) in [6, 6.07) is 3.83. The topological polar surface area (TPSA) is 0 Å². The molecular formula is C6H4Br2S2. The molecule has 0 nitrogen and oxygen atoms in total. The first-order valence-corrected chi connectivity index (χ1v) is 4.96. The zero-order chi connectivity index (χ0) is 7.72. The average Bonchev–Trinajstić information content (AvgIpc) is 1.82. The molecule has 0 fully saturated rings. The molecule has 0 aliphatic heterocycles. The van der Waals surface area contributed by atoms with Crippen molar-refractivity contribution in [3.8, 4) is 0 Å². The number of hydrogen-bond donors (Lipinski definition) is 2. The van der Waals surface area contributed by atoms with E-state index in [0.717, 1.165) is 18.7 Å². The minimum Gasteiger partial charge on any atom is -0.142 e. The van der Waals surface area contributed by atoms with Gasteiger partial charge >= 0.3 is 0 Å². The third kappa shape index (κ3) is 1.94. The molecule has 0 atom stereocenters. The van der Waals surface area contributed by atoms with Gasteiger partial charge in [-0.1, -0.05) is 15.9 Å². The molecule has 0 heterocycles. The standard InChI is InChI=1S/C6H4Br2S2/c7-3-1-4(8)6(10)5(9)2-3/h1-2,9-10H. The highest BCUT2D eigenvalue weighted by Gasteiger charge is 2.00. The summed E-state index contributed by atoms with van der Waals surface area (Å²) >= 11 is 15.1. The van der Waals surface area contributed by atoms with Gasteiger partial charge in [0.05, 0.1) is 0 Å². The molecule has 0 N–H and O–H groups in total. The van der Waals surface area contributed by atoms with Crippen LogP contribution in [0.25, 0.3) is 0 Å². The van der Waals surface area contributed by atoms with E-state index >= 15 is 0 Å². The second-order valence-corrected chi connectivity index (χ2v) is 4.45. The minimum atomic E-state index is 0.865. The molecule has 0 saturated carbocycles. The van der Waals surface area contributed by atoms with Gasteiger partial charge in [-0.05, 0) is 28.1 Å². The predicted molar refractivity (Wildman–Crippen MR) is 56.3 cm³/mol. The fourth-order valence-electron chi connectivity index (χ4n) is 0.552. The van der Waals surface area contributed by atoms with Gasteiger partial charge in [-0.25, -0.2) is 0 Å². The smallest absolute Gasteiger partial charge is 0.0331 e. The van der Waals surface area contributed by atoms with E-state index in [-0.39, 0.29) is 0 Å².